The van der Waals surface area contributed by atoms with Crippen molar-refractivity contribution in [3.63, 3.8) is 0 Å². The van der Waals surface area contributed by atoms with Crippen LogP contribution in [0.5, 0.6) is 0 Å². The lowest BCUT2D eigenvalue weighted by molar-refractivity contribution is -0.0201. The van der Waals surface area contributed by atoms with E-state index >= 15 is 0 Å². The lowest BCUT2D eigenvalue weighted by Gasteiger charge is -2.19. The summed E-state index contributed by atoms with van der Waals surface area (Å²) in [5.41, 5.74) is 0. The molecule has 0 aromatic heterocycles. The van der Waals surface area contributed by atoms with E-state index in [9.17, 15) is 5.11 Å². The molecule has 0 aromatic rings. The zero-order valence-corrected chi connectivity index (χ0v) is 8.29. The van der Waals surface area contributed by atoms with Gasteiger partial charge in [0.05, 0.1) is 18.8 Å². The van der Waals surface area contributed by atoms with Crippen molar-refractivity contribution in [3.8, 4) is 0 Å². The number of rotatable bonds is 5. The number of aliphatic hydroxyl groups is 1. The summed E-state index contributed by atoms with van der Waals surface area (Å²) in [5, 5.41) is 9.65. The Bertz CT molecular complexity index is 130. The SMILES string of the molecule is CC(C)OCC(O)C(C)C1CC1. The molecule has 72 valence electrons. The summed E-state index contributed by atoms with van der Waals surface area (Å²) < 4.78 is 5.35. The van der Waals surface area contributed by atoms with Gasteiger partial charge in [0.25, 0.3) is 0 Å². The first-order chi connectivity index (χ1) is 5.61. The van der Waals surface area contributed by atoms with Gasteiger partial charge in [-0.3, -0.25) is 0 Å². The minimum Gasteiger partial charge on any atom is -0.390 e. The van der Waals surface area contributed by atoms with Crippen molar-refractivity contribution in [2.75, 3.05) is 6.61 Å². The van der Waals surface area contributed by atoms with Crippen LogP contribution in [0.1, 0.15) is 33.6 Å². The van der Waals surface area contributed by atoms with Crippen molar-refractivity contribution in [2.24, 2.45) is 11.8 Å². The normalized spacial score (nSPS) is 22.8. The van der Waals surface area contributed by atoms with Gasteiger partial charge >= 0.3 is 0 Å². The summed E-state index contributed by atoms with van der Waals surface area (Å²) in [7, 11) is 0. The first kappa shape index (κ1) is 10.0. The average Bonchev–Trinajstić information content (AvgIpc) is 2.80. The fraction of sp³-hybridized carbons (Fsp3) is 1.00. The van der Waals surface area contributed by atoms with E-state index in [1.807, 2.05) is 13.8 Å². The monoisotopic (exact) mass is 172 g/mol. The Labute approximate surface area is 74.9 Å². The van der Waals surface area contributed by atoms with Gasteiger partial charge in [-0.05, 0) is 38.5 Å². The van der Waals surface area contributed by atoms with E-state index in [0.29, 0.717) is 12.5 Å². The summed E-state index contributed by atoms with van der Waals surface area (Å²) in [6.45, 7) is 6.60. The maximum atomic E-state index is 9.65. The molecule has 0 heterocycles. The first-order valence-corrected chi connectivity index (χ1v) is 4.91. The van der Waals surface area contributed by atoms with E-state index in [-0.39, 0.29) is 12.2 Å². The summed E-state index contributed by atoms with van der Waals surface area (Å²) in [5.74, 6) is 1.18. The number of hydrogen-bond donors (Lipinski definition) is 1. The van der Waals surface area contributed by atoms with Crippen molar-refractivity contribution in [2.45, 2.75) is 45.8 Å². The van der Waals surface area contributed by atoms with Crippen LogP contribution >= 0.6 is 0 Å². The van der Waals surface area contributed by atoms with E-state index in [4.69, 9.17) is 4.74 Å². The molecule has 0 spiro atoms. The molecule has 2 heteroatoms. The van der Waals surface area contributed by atoms with Crippen molar-refractivity contribution in [3.05, 3.63) is 0 Å². The predicted molar refractivity (Wildman–Crippen MR) is 49.0 cm³/mol. The molecule has 0 bridgehead atoms. The summed E-state index contributed by atoms with van der Waals surface area (Å²) in [6, 6.07) is 0. The van der Waals surface area contributed by atoms with Crippen LogP contribution in [0.15, 0.2) is 0 Å². The minimum atomic E-state index is -0.264. The van der Waals surface area contributed by atoms with Gasteiger partial charge in [-0.1, -0.05) is 6.92 Å². The highest BCUT2D eigenvalue weighted by atomic mass is 16.5. The molecule has 1 aliphatic rings. The Hall–Kier alpha value is -0.0800. The molecule has 0 amide bonds. The zero-order chi connectivity index (χ0) is 9.14. The highest BCUT2D eigenvalue weighted by molar-refractivity contribution is 4.82. The van der Waals surface area contributed by atoms with Crippen LogP contribution in [0, 0.1) is 11.8 Å². The number of aliphatic hydroxyl groups excluding tert-OH is 1. The Kier molecular flexibility index (Phi) is 3.53. The number of hydrogen-bond acceptors (Lipinski definition) is 2. The number of ether oxygens (including phenoxy) is 1. The third-order valence-corrected chi connectivity index (χ3v) is 2.57. The van der Waals surface area contributed by atoms with Gasteiger partial charge in [-0.25, -0.2) is 0 Å². The van der Waals surface area contributed by atoms with Crippen LogP contribution in [-0.2, 0) is 4.74 Å². The predicted octanol–water partition coefficient (Wildman–Crippen LogP) is 1.82. The lowest BCUT2D eigenvalue weighted by Crippen LogP contribution is -2.26. The maximum Gasteiger partial charge on any atom is 0.0801 e. The molecule has 0 saturated heterocycles. The largest absolute Gasteiger partial charge is 0.390 e. The molecule has 1 fully saturated rings. The minimum absolute atomic E-state index is 0.228. The molecule has 1 N–H and O–H groups in total. The highest BCUT2D eigenvalue weighted by Gasteiger charge is 2.32. The van der Waals surface area contributed by atoms with Crippen LogP contribution in [0.2, 0.25) is 0 Å². The van der Waals surface area contributed by atoms with Crippen molar-refractivity contribution in [1.82, 2.24) is 0 Å². The van der Waals surface area contributed by atoms with Crippen LogP contribution in [0.3, 0.4) is 0 Å². The molecule has 2 nitrogen and oxygen atoms in total. The molecule has 1 saturated carbocycles. The second kappa shape index (κ2) is 4.24. The average molecular weight is 172 g/mol. The van der Waals surface area contributed by atoms with E-state index in [0.717, 1.165) is 5.92 Å². The quantitative estimate of drug-likeness (QED) is 0.685. The molecule has 2 unspecified atom stereocenters. The third-order valence-electron chi connectivity index (χ3n) is 2.57. The first-order valence-electron chi connectivity index (χ1n) is 4.91. The van der Waals surface area contributed by atoms with Crippen molar-refractivity contribution in [1.29, 1.82) is 0 Å². The van der Waals surface area contributed by atoms with Gasteiger partial charge in [-0.2, -0.15) is 0 Å². The molecular formula is C10H20O2. The standard InChI is InChI=1S/C10H20O2/c1-7(2)12-6-10(11)8(3)9-4-5-9/h7-11H,4-6H2,1-3H3. The Balaban J connectivity index is 2.13. The molecule has 1 rings (SSSR count). The summed E-state index contributed by atoms with van der Waals surface area (Å²) in [4.78, 5) is 0. The topological polar surface area (TPSA) is 29.5 Å². The van der Waals surface area contributed by atoms with Gasteiger partial charge in [-0.15, -0.1) is 0 Å². The fourth-order valence-electron chi connectivity index (χ4n) is 1.38. The third kappa shape index (κ3) is 3.11. The zero-order valence-electron chi connectivity index (χ0n) is 8.29. The Morgan fingerprint density at radius 2 is 1.92 bits per heavy atom. The fourth-order valence-corrected chi connectivity index (χ4v) is 1.38. The van der Waals surface area contributed by atoms with Crippen molar-refractivity contribution >= 4 is 0 Å². The van der Waals surface area contributed by atoms with E-state index in [1.54, 1.807) is 0 Å². The van der Waals surface area contributed by atoms with Gasteiger partial charge in [0.2, 0.25) is 0 Å². The Morgan fingerprint density at radius 3 is 2.33 bits per heavy atom. The molecule has 0 aromatic carbocycles. The summed E-state index contributed by atoms with van der Waals surface area (Å²) in [6.07, 6.45) is 2.55. The van der Waals surface area contributed by atoms with Crippen molar-refractivity contribution < 1.29 is 9.84 Å². The molecule has 0 radical (unpaired) electrons. The summed E-state index contributed by atoms with van der Waals surface area (Å²) >= 11 is 0. The van der Waals surface area contributed by atoms with E-state index in [1.165, 1.54) is 12.8 Å². The van der Waals surface area contributed by atoms with Crippen LogP contribution in [-0.4, -0.2) is 23.9 Å². The maximum absolute atomic E-state index is 9.65. The van der Waals surface area contributed by atoms with Gasteiger partial charge in [0, 0.05) is 0 Å². The molecule has 0 aliphatic heterocycles. The lowest BCUT2D eigenvalue weighted by atomic mass is 10.0. The van der Waals surface area contributed by atoms with Gasteiger partial charge in [0.15, 0.2) is 0 Å². The van der Waals surface area contributed by atoms with Crippen LogP contribution in [0.25, 0.3) is 0 Å². The van der Waals surface area contributed by atoms with Gasteiger partial charge in [0.1, 0.15) is 0 Å². The molecule has 2 atom stereocenters. The second-order valence-electron chi connectivity index (χ2n) is 4.15. The van der Waals surface area contributed by atoms with Crippen LogP contribution in [0.4, 0.5) is 0 Å². The molecule has 1 aliphatic carbocycles. The van der Waals surface area contributed by atoms with Crippen LogP contribution < -0.4 is 0 Å². The van der Waals surface area contributed by atoms with E-state index in [2.05, 4.69) is 6.92 Å². The smallest absolute Gasteiger partial charge is 0.0801 e. The highest BCUT2D eigenvalue weighted by Crippen LogP contribution is 2.38. The molecular weight excluding hydrogens is 152 g/mol. The Morgan fingerprint density at radius 1 is 1.33 bits per heavy atom. The van der Waals surface area contributed by atoms with E-state index < -0.39 is 0 Å². The second-order valence-corrected chi connectivity index (χ2v) is 4.15. The van der Waals surface area contributed by atoms with Gasteiger partial charge < -0.3 is 9.84 Å². The molecule has 12 heavy (non-hydrogen) atoms.